The summed E-state index contributed by atoms with van der Waals surface area (Å²) in [5.41, 5.74) is 1.36. The van der Waals surface area contributed by atoms with Gasteiger partial charge in [0.1, 0.15) is 11.5 Å². The molecule has 0 amide bonds. The van der Waals surface area contributed by atoms with Gasteiger partial charge in [-0.05, 0) is 35.4 Å². The second-order valence-electron chi connectivity index (χ2n) is 7.12. The van der Waals surface area contributed by atoms with Gasteiger partial charge in [0, 0.05) is 22.7 Å². The monoisotopic (exact) mass is 416 g/mol. The summed E-state index contributed by atoms with van der Waals surface area (Å²) in [6.45, 7) is 3.48. The lowest BCUT2D eigenvalue weighted by Gasteiger charge is -2.31. The van der Waals surface area contributed by atoms with Gasteiger partial charge in [0.25, 0.3) is 0 Å². The van der Waals surface area contributed by atoms with Gasteiger partial charge in [-0.25, -0.2) is 0 Å². The summed E-state index contributed by atoms with van der Waals surface area (Å²) in [5.74, 6) is -0.123. The van der Waals surface area contributed by atoms with E-state index in [4.69, 9.17) is 9.47 Å². The van der Waals surface area contributed by atoms with E-state index in [2.05, 4.69) is 0 Å². The fourth-order valence-corrected chi connectivity index (χ4v) is 4.06. The summed E-state index contributed by atoms with van der Waals surface area (Å²) in [5, 5.41) is 24.0. The van der Waals surface area contributed by atoms with Crippen molar-refractivity contribution in [3.8, 4) is 11.5 Å². The molecule has 0 bridgehead atoms. The highest BCUT2D eigenvalue weighted by molar-refractivity contribution is 5.36. The summed E-state index contributed by atoms with van der Waals surface area (Å²) in [7, 11) is 3.08. The molecular weight excluding hydrogens is 388 g/mol. The molecule has 0 fully saturated rings. The molecule has 0 saturated heterocycles. The van der Waals surface area contributed by atoms with Crippen molar-refractivity contribution in [1.29, 1.82) is 0 Å². The van der Waals surface area contributed by atoms with Crippen molar-refractivity contribution in [3.63, 3.8) is 0 Å². The molecule has 0 aliphatic carbocycles. The third kappa shape index (κ3) is 5.06. The van der Waals surface area contributed by atoms with E-state index in [1.54, 1.807) is 76.6 Å². The molecule has 2 rings (SSSR count). The van der Waals surface area contributed by atoms with E-state index in [1.165, 1.54) is 0 Å². The molecule has 8 heteroatoms. The number of nitro groups is 2. The van der Waals surface area contributed by atoms with Crippen molar-refractivity contribution in [1.82, 2.24) is 0 Å². The van der Waals surface area contributed by atoms with Crippen LogP contribution in [0, 0.1) is 20.2 Å². The van der Waals surface area contributed by atoms with E-state index >= 15 is 0 Å². The Balaban J connectivity index is 2.70. The maximum absolute atomic E-state index is 12.0. The predicted octanol–water partition coefficient (Wildman–Crippen LogP) is 4.68. The lowest BCUT2D eigenvalue weighted by molar-refractivity contribution is -0.544. The molecule has 0 aliphatic heterocycles. The number of hydrogen-bond acceptors (Lipinski definition) is 6. The first-order chi connectivity index (χ1) is 14.4. The van der Waals surface area contributed by atoms with Crippen LogP contribution in [0.2, 0.25) is 0 Å². The molecule has 4 atom stereocenters. The standard InChI is InChI=1S/C22H28N2O6/c1-5-19(23(25)26)21(15-7-11-17(29-3)12-8-15)22(20(6-2)24(27)28)16-9-13-18(30-4)14-10-16/h7-14,19-22H,5-6H2,1-4H3. The molecular formula is C22H28N2O6. The second-order valence-corrected chi connectivity index (χ2v) is 7.12. The zero-order valence-electron chi connectivity index (χ0n) is 17.7. The van der Waals surface area contributed by atoms with Gasteiger partial charge < -0.3 is 9.47 Å². The minimum Gasteiger partial charge on any atom is -0.497 e. The van der Waals surface area contributed by atoms with E-state index < -0.39 is 23.9 Å². The van der Waals surface area contributed by atoms with Crippen LogP contribution in [0.25, 0.3) is 0 Å². The summed E-state index contributed by atoms with van der Waals surface area (Å²) in [6.07, 6.45) is 0.509. The molecule has 8 nitrogen and oxygen atoms in total. The Morgan fingerprint density at radius 1 is 0.700 bits per heavy atom. The minimum absolute atomic E-state index is 0.254. The Bertz CT molecular complexity index is 766. The van der Waals surface area contributed by atoms with Crippen molar-refractivity contribution in [2.45, 2.75) is 50.6 Å². The van der Waals surface area contributed by atoms with Gasteiger partial charge in [-0.15, -0.1) is 0 Å². The normalized spacial score (nSPS) is 14.9. The second kappa shape index (κ2) is 10.6. The number of nitrogens with zero attached hydrogens (tertiary/aromatic N) is 2. The van der Waals surface area contributed by atoms with Crippen molar-refractivity contribution < 1.29 is 19.3 Å². The van der Waals surface area contributed by atoms with E-state index in [0.717, 1.165) is 0 Å². The molecule has 0 spiro atoms. The summed E-state index contributed by atoms with van der Waals surface area (Å²) < 4.78 is 10.4. The number of methoxy groups -OCH3 is 2. The SMILES string of the molecule is CCC(C(c1ccc(OC)cc1)C(c1ccc(OC)cc1)C(CC)[N+](=O)[O-])[N+](=O)[O-]. The molecule has 0 radical (unpaired) electrons. The van der Waals surface area contributed by atoms with Crippen LogP contribution in [0.5, 0.6) is 11.5 Å². The Labute approximate surface area is 176 Å². The first kappa shape index (κ1) is 23.1. The van der Waals surface area contributed by atoms with Crippen molar-refractivity contribution >= 4 is 0 Å². The lowest BCUT2D eigenvalue weighted by atomic mass is 9.72. The van der Waals surface area contributed by atoms with Crippen LogP contribution in [0.3, 0.4) is 0 Å². The van der Waals surface area contributed by atoms with E-state index in [-0.39, 0.29) is 22.7 Å². The molecule has 30 heavy (non-hydrogen) atoms. The van der Waals surface area contributed by atoms with Crippen LogP contribution in [0.15, 0.2) is 48.5 Å². The van der Waals surface area contributed by atoms with Gasteiger partial charge in [0.15, 0.2) is 0 Å². The number of rotatable bonds is 11. The first-order valence-electron chi connectivity index (χ1n) is 9.92. The van der Waals surface area contributed by atoms with Gasteiger partial charge in [0.2, 0.25) is 12.1 Å². The highest BCUT2D eigenvalue weighted by atomic mass is 16.6. The molecule has 4 unspecified atom stereocenters. The van der Waals surface area contributed by atoms with E-state index in [9.17, 15) is 20.2 Å². The minimum atomic E-state index is -0.973. The zero-order chi connectivity index (χ0) is 22.3. The van der Waals surface area contributed by atoms with Crippen molar-refractivity contribution in [3.05, 3.63) is 79.9 Å². The fraction of sp³-hybridized carbons (Fsp3) is 0.455. The van der Waals surface area contributed by atoms with Crippen LogP contribution in [0.4, 0.5) is 0 Å². The lowest BCUT2D eigenvalue weighted by Crippen LogP contribution is -2.39. The van der Waals surface area contributed by atoms with Crippen molar-refractivity contribution in [2.75, 3.05) is 14.2 Å². The topological polar surface area (TPSA) is 105 Å². The van der Waals surface area contributed by atoms with Crippen LogP contribution in [-0.4, -0.2) is 36.1 Å². The third-order valence-electron chi connectivity index (χ3n) is 5.60. The highest BCUT2D eigenvalue weighted by Gasteiger charge is 2.45. The molecule has 2 aromatic carbocycles. The van der Waals surface area contributed by atoms with Gasteiger partial charge in [-0.2, -0.15) is 0 Å². The fourth-order valence-electron chi connectivity index (χ4n) is 4.06. The van der Waals surface area contributed by atoms with Crippen molar-refractivity contribution in [2.24, 2.45) is 0 Å². The van der Waals surface area contributed by atoms with Crippen LogP contribution in [-0.2, 0) is 0 Å². The van der Waals surface area contributed by atoms with Crippen LogP contribution >= 0.6 is 0 Å². The Morgan fingerprint density at radius 3 is 1.20 bits per heavy atom. The maximum Gasteiger partial charge on any atom is 0.220 e. The van der Waals surface area contributed by atoms with Gasteiger partial charge >= 0.3 is 0 Å². The largest absolute Gasteiger partial charge is 0.497 e. The van der Waals surface area contributed by atoms with Gasteiger partial charge in [-0.1, -0.05) is 38.1 Å². The van der Waals surface area contributed by atoms with Crippen LogP contribution < -0.4 is 9.47 Å². The number of hydrogen-bond donors (Lipinski definition) is 0. The van der Waals surface area contributed by atoms with E-state index in [1.807, 2.05) is 0 Å². The summed E-state index contributed by atoms with van der Waals surface area (Å²) in [4.78, 5) is 23.3. The van der Waals surface area contributed by atoms with Gasteiger partial charge in [0.05, 0.1) is 26.1 Å². The number of ether oxygens (including phenoxy) is 2. The highest BCUT2D eigenvalue weighted by Crippen LogP contribution is 2.42. The molecule has 0 N–H and O–H groups in total. The Hall–Kier alpha value is -3.16. The first-order valence-corrected chi connectivity index (χ1v) is 9.92. The quantitative estimate of drug-likeness (QED) is 0.389. The average molecular weight is 416 g/mol. The molecule has 0 aliphatic rings. The average Bonchev–Trinajstić information content (AvgIpc) is 2.75. The maximum atomic E-state index is 12.0. The smallest absolute Gasteiger partial charge is 0.220 e. The molecule has 0 saturated carbocycles. The van der Waals surface area contributed by atoms with Crippen LogP contribution in [0.1, 0.15) is 49.7 Å². The number of benzene rings is 2. The zero-order valence-corrected chi connectivity index (χ0v) is 17.7. The molecule has 0 heterocycles. The summed E-state index contributed by atoms with van der Waals surface area (Å²) >= 11 is 0. The third-order valence-corrected chi connectivity index (χ3v) is 5.60. The van der Waals surface area contributed by atoms with Gasteiger partial charge in [-0.3, -0.25) is 20.2 Å². The molecule has 162 valence electrons. The molecule has 0 aromatic heterocycles. The summed E-state index contributed by atoms with van der Waals surface area (Å²) in [6, 6.07) is 12.0. The molecule has 2 aromatic rings. The Kier molecular flexibility index (Phi) is 8.15. The van der Waals surface area contributed by atoms with E-state index in [0.29, 0.717) is 22.6 Å². The Morgan fingerprint density at radius 2 is 1.00 bits per heavy atom. The predicted molar refractivity (Wildman–Crippen MR) is 114 cm³/mol.